The highest BCUT2D eigenvalue weighted by molar-refractivity contribution is 5.35. The van der Waals surface area contributed by atoms with Gasteiger partial charge in [-0.25, -0.2) is 0 Å². The fourth-order valence-corrected chi connectivity index (χ4v) is 1.92. The molecule has 1 aromatic rings. The molecule has 0 aliphatic carbocycles. The highest BCUT2D eigenvalue weighted by Crippen LogP contribution is 2.23. The Morgan fingerprint density at radius 1 is 1.40 bits per heavy atom. The summed E-state index contributed by atoms with van der Waals surface area (Å²) in [6, 6.07) is 5.83. The Kier molecular flexibility index (Phi) is 4.66. The number of benzene rings is 1. The number of nitro groups is 1. The Labute approximate surface area is 116 Å². The van der Waals surface area contributed by atoms with E-state index in [2.05, 4.69) is 0 Å². The van der Waals surface area contributed by atoms with E-state index in [4.69, 9.17) is 9.57 Å². The van der Waals surface area contributed by atoms with Crippen LogP contribution in [0.3, 0.4) is 0 Å². The van der Waals surface area contributed by atoms with Crippen LogP contribution in [0.25, 0.3) is 0 Å². The van der Waals surface area contributed by atoms with E-state index in [1.54, 1.807) is 24.1 Å². The smallest absolute Gasteiger partial charge is 0.269 e. The van der Waals surface area contributed by atoms with E-state index in [1.165, 1.54) is 12.1 Å². The number of nitrogens with zero attached hydrogens (tertiary/aromatic N) is 2. The minimum atomic E-state index is -1.20. The molecule has 1 saturated heterocycles. The molecule has 0 aromatic heterocycles. The third-order valence-corrected chi connectivity index (χ3v) is 3.20. The van der Waals surface area contributed by atoms with E-state index in [1.807, 2.05) is 0 Å². The minimum Gasteiger partial charge on any atom is -0.383 e. The average Bonchev–Trinajstić information content (AvgIpc) is 2.46. The van der Waals surface area contributed by atoms with Crippen molar-refractivity contribution < 1.29 is 19.6 Å². The maximum atomic E-state index is 10.6. The second-order valence-corrected chi connectivity index (χ2v) is 4.89. The molecule has 0 amide bonds. The first-order chi connectivity index (χ1) is 9.49. The van der Waals surface area contributed by atoms with E-state index in [-0.39, 0.29) is 12.3 Å². The third kappa shape index (κ3) is 3.73. The summed E-state index contributed by atoms with van der Waals surface area (Å²) in [5.74, 6) is 0. The molecule has 1 aliphatic heterocycles. The lowest BCUT2D eigenvalue weighted by Gasteiger charge is -2.30. The second-order valence-electron chi connectivity index (χ2n) is 4.89. The van der Waals surface area contributed by atoms with Crippen LogP contribution in [-0.2, 0) is 15.2 Å². The molecule has 110 valence electrons. The van der Waals surface area contributed by atoms with Crippen LogP contribution in [0.2, 0.25) is 0 Å². The molecule has 1 aromatic carbocycles. The third-order valence-electron chi connectivity index (χ3n) is 3.20. The molecule has 0 saturated carbocycles. The summed E-state index contributed by atoms with van der Waals surface area (Å²) in [5, 5.41) is 22.7. The van der Waals surface area contributed by atoms with Gasteiger partial charge < -0.3 is 9.84 Å². The molecular weight excluding hydrogens is 264 g/mol. The molecule has 1 unspecified atom stereocenters. The van der Waals surface area contributed by atoms with E-state index in [0.29, 0.717) is 31.9 Å². The van der Waals surface area contributed by atoms with Gasteiger partial charge in [-0.05, 0) is 24.6 Å². The van der Waals surface area contributed by atoms with Crippen LogP contribution in [0.4, 0.5) is 5.69 Å². The number of ether oxygens (including phenoxy) is 1. The summed E-state index contributed by atoms with van der Waals surface area (Å²) in [6.07, 6.45) is 0. The fourth-order valence-electron chi connectivity index (χ4n) is 1.92. The molecule has 1 fully saturated rings. The van der Waals surface area contributed by atoms with Gasteiger partial charge in [0.15, 0.2) is 0 Å². The Morgan fingerprint density at radius 2 is 2.00 bits per heavy atom. The van der Waals surface area contributed by atoms with Crippen molar-refractivity contribution in [2.24, 2.45) is 0 Å². The van der Waals surface area contributed by atoms with Gasteiger partial charge in [0.1, 0.15) is 12.2 Å². The van der Waals surface area contributed by atoms with Crippen LogP contribution in [0, 0.1) is 10.1 Å². The van der Waals surface area contributed by atoms with Gasteiger partial charge in [-0.2, -0.15) is 5.06 Å². The molecule has 20 heavy (non-hydrogen) atoms. The standard InChI is InChI=1S/C13H18N2O5/c1-13(16,10-20-14-6-8-19-9-7-14)11-2-4-12(5-3-11)15(17)18/h2-5,16H,6-10H2,1H3. The number of non-ortho nitro benzene ring substituents is 1. The monoisotopic (exact) mass is 282 g/mol. The first-order valence-electron chi connectivity index (χ1n) is 6.42. The number of hydrogen-bond acceptors (Lipinski definition) is 6. The Hall–Kier alpha value is -1.54. The summed E-state index contributed by atoms with van der Waals surface area (Å²) in [6.45, 7) is 4.26. The zero-order valence-corrected chi connectivity index (χ0v) is 11.3. The number of nitro benzene ring substituents is 1. The average molecular weight is 282 g/mol. The zero-order valence-electron chi connectivity index (χ0n) is 11.3. The lowest BCUT2D eigenvalue weighted by atomic mass is 9.97. The lowest BCUT2D eigenvalue weighted by molar-refractivity contribution is -0.384. The number of hydroxylamine groups is 2. The van der Waals surface area contributed by atoms with Crippen molar-refractivity contribution in [1.29, 1.82) is 0 Å². The topological polar surface area (TPSA) is 85.1 Å². The van der Waals surface area contributed by atoms with Crippen molar-refractivity contribution in [3.05, 3.63) is 39.9 Å². The molecule has 0 radical (unpaired) electrons. The van der Waals surface area contributed by atoms with Crippen LogP contribution in [-0.4, -0.2) is 48.0 Å². The van der Waals surface area contributed by atoms with Crippen molar-refractivity contribution in [2.75, 3.05) is 32.9 Å². The molecule has 0 spiro atoms. The van der Waals surface area contributed by atoms with E-state index in [0.717, 1.165) is 0 Å². The van der Waals surface area contributed by atoms with Crippen LogP contribution in [0.15, 0.2) is 24.3 Å². The lowest BCUT2D eigenvalue weighted by Crippen LogP contribution is -2.40. The molecule has 7 nitrogen and oxygen atoms in total. The molecular formula is C13H18N2O5. The Bertz CT molecular complexity index is 454. The first kappa shape index (κ1) is 14.9. The molecule has 1 aliphatic rings. The summed E-state index contributed by atoms with van der Waals surface area (Å²) in [7, 11) is 0. The van der Waals surface area contributed by atoms with Crippen LogP contribution >= 0.6 is 0 Å². The Balaban J connectivity index is 1.96. The van der Waals surface area contributed by atoms with Gasteiger partial charge >= 0.3 is 0 Å². The molecule has 1 heterocycles. The van der Waals surface area contributed by atoms with E-state index in [9.17, 15) is 15.2 Å². The van der Waals surface area contributed by atoms with Crippen molar-refractivity contribution >= 4 is 5.69 Å². The van der Waals surface area contributed by atoms with E-state index >= 15 is 0 Å². The summed E-state index contributed by atoms with van der Waals surface area (Å²) < 4.78 is 5.20. The number of aliphatic hydroxyl groups is 1. The van der Waals surface area contributed by atoms with Gasteiger partial charge in [-0.15, -0.1) is 0 Å². The van der Waals surface area contributed by atoms with Gasteiger partial charge in [-0.3, -0.25) is 15.0 Å². The SMILES string of the molecule is CC(O)(CON1CCOCC1)c1ccc([N+](=O)[O-])cc1. The normalized spacial score (nSPS) is 19.5. The summed E-state index contributed by atoms with van der Waals surface area (Å²) in [4.78, 5) is 15.7. The first-order valence-corrected chi connectivity index (χ1v) is 6.42. The maximum absolute atomic E-state index is 10.6. The van der Waals surface area contributed by atoms with Crippen LogP contribution < -0.4 is 0 Å². The summed E-state index contributed by atoms with van der Waals surface area (Å²) >= 11 is 0. The predicted molar refractivity (Wildman–Crippen MR) is 71.0 cm³/mol. The highest BCUT2D eigenvalue weighted by atomic mass is 16.7. The fraction of sp³-hybridized carbons (Fsp3) is 0.538. The van der Waals surface area contributed by atoms with E-state index < -0.39 is 10.5 Å². The van der Waals surface area contributed by atoms with Crippen molar-refractivity contribution in [3.63, 3.8) is 0 Å². The van der Waals surface area contributed by atoms with Gasteiger partial charge in [0.05, 0.1) is 18.1 Å². The van der Waals surface area contributed by atoms with Crippen LogP contribution in [0.1, 0.15) is 12.5 Å². The zero-order chi connectivity index (χ0) is 14.6. The summed E-state index contributed by atoms with van der Waals surface area (Å²) in [5.41, 5.74) is -0.622. The second kappa shape index (κ2) is 6.27. The van der Waals surface area contributed by atoms with Gasteiger partial charge in [0.2, 0.25) is 0 Å². The number of rotatable bonds is 5. The molecule has 2 rings (SSSR count). The Morgan fingerprint density at radius 3 is 2.55 bits per heavy atom. The van der Waals surface area contributed by atoms with Gasteiger partial charge in [0, 0.05) is 25.2 Å². The quantitative estimate of drug-likeness (QED) is 0.642. The van der Waals surface area contributed by atoms with Gasteiger partial charge in [-0.1, -0.05) is 0 Å². The van der Waals surface area contributed by atoms with Crippen molar-refractivity contribution in [2.45, 2.75) is 12.5 Å². The highest BCUT2D eigenvalue weighted by Gasteiger charge is 2.26. The molecule has 0 bridgehead atoms. The maximum Gasteiger partial charge on any atom is 0.269 e. The van der Waals surface area contributed by atoms with Crippen molar-refractivity contribution in [1.82, 2.24) is 5.06 Å². The molecule has 7 heteroatoms. The predicted octanol–water partition coefficient (Wildman–Crippen LogP) is 1.07. The van der Waals surface area contributed by atoms with Crippen LogP contribution in [0.5, 0.6) is 0 Å². The number of morpholine rings is 1. The van der Waals surface area contributed by atoms with Gasteiger partial charge in [0.25, 0.3) is 5.69 Å². The minimum absolute atomic E-state index is 0.00125. The molecule has 1 N–H and O–H groups in total. The molecule has 1 atom stereocenters. The number of hydrogen-bond donors (Lipinski definition) is 1. The largest absolute Gasteiger partial charge is 0.383 e. The van der Waals surface area contributed by atoms with Crippen molar-refractivity contribution in [3.8, 4) is 0 Å².